The molecule has 0 radical (unpaired) electrons. The van der Waals surface area contributed by atoms with Crippen molar-refractivity contribution in [2.45, 2.75) is 19.4 Å². The molecule has 22 heavy (non-hydrogen) atoms. The molecule has 0 saturated heterocycles. The Bertz CT molecular complexity index is 806. The van der Waals surface area contributed by atoms with Crippen molar-refractivity contribution in [3.63, 3.8) is 0 Å². The van der Waals surface area contributed by atoms with E-state index in [9.17, 15) is 9.90 Å². The van der Waals surface area contributed by atoms with Gasteiger partial charge in [-0.3, -0.25) is 9.20 Å². The number of pyridine rings is 1. The Kier molecular flexibility index (Phi) is 3.72. The van der Waals surface area contributed by atoms with Crippen LogP contribution >= 0.6 is 11.3 Å². The zero-order valence-electron chi connectivity index (χ0n) is 12.4. The Labute approximate surface area is 132 Å². The minimum atomic E-state index is -1.09. The second-order valence-electron chi connectivity index (χ2n) is 5.41. The number of rotatable bonds is 4. The van der Waals surface area contributed by atoms with Crippen LogP contribution in [0.2, 0.25) is 0 Å². The Morgan fingerprint density at radius 1 is 1.41 bits per heavy atom. The minimum Gasteiger partial charge on any atom is -0.383 e. The first-order valence-corrected chi connectivity index (χ1v) is 7.85. The first-order chi connectivity index (χ1) is 10.5. The average molecular weight is 315 g/mol. The van der Waals surface area contributed by atoms with Gasteiger partial charge >= 0.3 is 0 Å². The van der Waals surface area contributed by atoms with Crippen LogP contribution in [0.25, 0.3) is 5.65 Å². The smallest absolute Gasteiger partial charge is 0.270 e. The van der Waals surface area contributed by atoms with Crippen LogP contribution in [0.15, 0.2) is 41.9 Å². The third-order valence-electron chi connectivity index (χ3n) is 3.56. The minimum absolute atomic E-state index is 0.145. The van der Waals surface area contributed by atoms with Crippen molar-refractivity contribution in [1.82, 2.24) is 14.7 Å². The van der Waals surface area contributed by atoms with Gasteiger partial charge in [0.15, 0.2) is 0 Å². The highest BCUT2D eigenvalue weighted by atomic mass is 32.1. The number of thiophene rings is 1. The molecule has 0 saturated carbocycles. The van der Waals surface area contributed by atoms with Crippen molar-refractivity contribution in [3.8, 4) is 0 Å². The lowest BCUT2D eigenvalue weighted by Gasteiger charge is -2.22. The normalized spacial score (nSPS) is 14.0. The molecule has 1 amide bonds. The Balaban J connectivity index is 1.81. The summed E-state index contributed by atoms with van der Waals surface area (Å²) in [6.45, 7) is 3.64. The molecule has 114 valence electrons. The summed E-state index contributed by atoms with van der Waals surface area (Å²) in [7, 11) is 0. The number of aryl methyl sites for hydroxylation is 1. The highest BCUT2D eigenvalue weighted by molar-refractivity contribution is 7.10. The molecule has 6 heteroatoms. The molecule has 0 bridgehead atoms. The molecule has 1 unspecified atom stereocenters. The standard InChI is InChI=1S/C16H17N3O2S/c1-11-14(19-8-4-3-7-13(19)18-11)15(20)17-10-16(2,21)12-6-5-9-22-12/h3-9,21H,10H2,1-2H3,(H,17,20). The number of imidazole rings is 1. The number of aromatic nitrogens is 2. The maximum atomic E-state index is 12.5. The van der Waals surface area contributed by atoms with E-state index in [1.54, 1.807) is 18.2 Å². The summed E-state index contributed by atoms with van der Waals surface area (Å²) >= 11 is 1.47. The van der Waals surface area contributed by atoms with E-state index in [-0.39, 0.29) is 12.5 Å². The van der Waals surface area contributed by atoms with Crippen LogP contribution in [-0.4, -0.2) is 26.9 Å². The fraction of sp³-hybridized carbons (Fsp3) is 0.250. The SMILES string of the molecule is Cc1nc2ccccn2c1C(=O)NCC(C)(O)c1cccs1. The number of nitrogens with one attached hydrogen (secondary N) is 1. The van der Waals surface area contributed by atoms with Crippen LogP contribution in [0.5, 0.6) is 0 Å². The van der Waals surface area contributed by atoms with Crippen molar-refractivity contribution >= 4 is 22.9 Å². The van der Waals surface area contributed by atoms with Crippen LogP contribution in [-0.2, 0) is 5.60 Å². The molecule has 3 rings (SSSR count). The predicted octanol–water partition coefficient (Wildman–Crippen LogP) is 2.34. The van der Waals surface area contributed by atoms with Gasteiger partial charge in [0, 0.05) is 11.1 Å². The van der Waals surface area contributed by atoms with Gasteiger partial charge in [0.2, 0.25) is 0 Å². The van der Waals surface area contributed by atoms with Crippen LogP contribution in [0.1, 0.15) is 28.0 Å². The molecular formula is C16H17N3O2S. The Hall–Kier alpha value is -2.18. The van der Waals surface area contributed by atoms with Gasteiger partial charge in [-0.25, -0.2) is 4.98 Å². The fourth-order valence-electron chi connectivity index (χ4n) is 2.40. The quantitative estimate of drug-likeness (QED) is 0.776. The largest absolute Gasteiger partial charge is 0.383 e. The van der Waals surface area contributed by atoms with Gasteiger partial charge in [-0.2, -0.15) is 0 Å². The van der Waals surface area contributed by atoms with Gasteiger partial charge in [0.05, 0.1) is 12.2 Å². The number of carbonyl (C=O) groups is 1. The van der Waals surface area contributed by atoms with E-state index in [4.69, 9.17) is 0 Å². The highest BCUT2D eigenvalue weighted by Crippen LogP contribution is 2.24. The number of aliphatic hydroxyl groups is 1. The lowest BCUT2D eigenvalue weighted by Crippen LogP contribution is -2.38. The van der Waals surface area contributed by atoms with Gasteiger partial charge in [0.25, 0.3) is 5.91 Å². The van der Waals surface area contributed by atoms with Crippen molar-refractivity contribution < 1.29 is 9.90 Å². The lowest BCUT2D eigenvalue weighted by molar-refractivity contribution is 0.0554. The molecule has 0 aliphatic carbocycles. The third kappa shape index (κ3) is 2.63. The number of carbonyl (C=O) groups excluding carboxylic acids is 1. The van der Waals surface area contributed by atoms with Gasteiger partial charge in [0.1, 0.15) is 16.9 Å². The molecule has 0 aliphatic heterocycles. The molecule has 1 atom stereocenters. The van der Waals surface area contributed by atoms with Crippen molar-refractivity contribution in [2.24, 2.45) is 0 Å². The summed E-state index contributed by atoms with van der Waals surface area (Å²) in [6, 6.07) is 9.32. The van der Waals surface area contributed by atoms with Crippen molar-refractivity contribution in [1.29, 1.82) is 0 Å². The van der Waals surface area contributed by atoms with E-state index >= 15 is 0 Å². The fourth-order valence-corrected chi connectivity index (χ4v) is 3.18. The number of nitrogens with zero attached hydrogens (tertiary/aromatic N) is 2. The number of amides is 1. The maximum Gasteiger partial charge on any atom is 0.270 e. The third-order valence-corrected chi connectivity index (χ3v) is 4.69. The van der Waals surface area contributed by atoms with Crippen molar-refractivity contribution in [3.05, 3.63) is 58.2 Å². The topological polar surface area (TPSA) is 66.6 Å². The molecule has 3 heterocycles. The molecule has 0 aliphatic rings. The van der Waals surface area contributed by atoms with E-state index in [0.29, 0.717) is 11.4 Å². The van der Waals surface area contributed by atoms with Crippen LogP contribution in [0.4, 0.5) is 0 Å². The summed E-state index contributed by atoms with van der Waals surface area (Å²) in [4.78, 5) is 17.7. The van der Waals surface area contributed by atoms with E-state index in [1.165, 1.54) is 11.3 Å². The molecule has 0 fully saturated rings. The first kappa shape index (κ1) is 14.7. The number of fused-ring (bicyclic) bond motifs is 1. The zero-order valence-corrected chi connectivity index (χ0v) is 13.2. The number of hydrogen-bond acceptors (Lipinski definition) is 4. The molecular weight excluding hydrogens is 298 g/mol. The van der Waals surface area contributed by atoms with Crippen molar-refractivity contribution in [2.75, 3.05) is 6.54 Å². The van der Waals surface area contributed by atoms with Crippen LogP contribution in [0.3, 0.4) is 0 Å². The highest BCUT2D eigenvalue weighted by Gasteiger charge is 2.26. The number of hydrogen-bond donors (Lipinski definition) is 2. The second-order valence-corrected chi connectivity index (χ2v) is 6.36. The van der Waals surface area contributed by atoms with E-state index < -0.39 is 5.60 Å². The zero-order chi connectivity index (χ0) is 15.7. The van der Waals surface area contributed by atoms with E-state index in [2.05, 4.69) is 10.3 Å². The predicted molar refractivity (Wildman–Crippen MR) is 86.2 cm³/mol. The van der Waals surface area contributed by atoms with Gasteiger partial charge in [-0.15, -0.1) is 11.3 Å². The van der Waals surface area contributed by atoms with Gasteiger partial charge in [-0.1, -0.05) is 12.1 Å². The lowest BCUT2D eigenvalue weighted by atomic mass is 10.1. The van der Waals surface area contributed by atoms with Gasteiger partial charge < -0.3 is 10.4 Å². The molecule has 5 nitrogen and oxygen atoms in total. The molecule has 0 spiro atoms. The summed E-state index contributed by atoms with van der Waals surface area (Å²) in [5.41, 5.74) is 0.810. The summed E-state index contributed by atoms with van der Waals surface area (Å²) in [5, 5.41) is 15.2. The molecule has 0 aromatic carbocycles. The Morgan fingerprint density at radius 3 is 2.95 bits per heavy atom. The van der Waals surface area contributed by atoms with E-state index in [0.717, 1.165) is 10.5 Å². The summed E-state index contributed by atoms with van der Waals surface area (Å²) in [6.07, 6.45) is 1.81. The monoisotopic (exact) mass is 315 g/mol. The summed E-state index contributed by atoms with van der Waals surface area (Å²) in [5.74, 6) is -0.243. The molecule has 3 aromatic rings. The second kappa shape index (κ2) is 5.55. The Morgan fingerprint density at radius 2 is 2.23 bits per heavy atom. The first-order valence-electron chi connectivity index (χ1n) is 6.97. The maximum absolute atomic E-state index is 12.5. The van der Waals surface area contributed by atoms with Gasteiger partial charge in [-0.05, 0) is 37.4 Å². The summed E-state index contributed by atoms with van der Waals surface area (Å²) < 4.78 is 1.75. The van der Waals surface area contributed by atoms with E-state index in [1.807, 2.05) is 41.9 Å². The van der Waals surface area contributed by atoms with Crippen LogP contribution < -0.4 is 5.32 Å². The van der Waals surface area contributed by atoms with Crippen LogP contribution in [0, 0.1) is 6.92 Å². The average Bonchev–Trinajstić information content (AvgIpc) is 3.12. The molecule has 2 N–H and O–H groups in total. The molecule has 3 aromatic heterocycles.